The zero-order valence-corrected chi connectivity index (χ0v) is 17.5. The van der Waals surface area contributed by atoms with Crippen LogP contribution in [0.1, 0.15) is 18.1 Å². The van der Waals surface area contributed by atoms with Crippen molar-refractivity contribution in [1.82, 2.24) is 9.80 Å². The average Bonchev–Trinajstić information content (AvgIpc) is 2.74. The molecule has 1 heterocycles. The summed E-state index contributed by atoms with van der Waals surface area (Å²) in [7, 11) is 1.65. The normalized spacial score (nSPS) is 14.5. The highest BCUT2D eigenvalue weighted by molar-refractivity contribution is 5.77. The number of hydrogen-bond acceptors (Lipinski definition) is 5. The first kappa shape index (κ1) is 21.0. The lowest BCUT2D eigenvalue weighted by Gasteiger charge is -2.34. The first-order valence-corrected chi connectivity index (χ1v) is 10.1. The maximum absolute atomic E-state index is 12.4. The first-order chi connectivity index (χ1) is 14.1. The van der Waals surface area contributed by atoms with Gasteiger partial charge in [0.15, 0.2) is 18.1 Å². The van der Waals surface area contributed by atoms with Crippen LogP contribution in [0.15, 0.2) is 42.5 Å². The first-order valence-electron chi connectivity index (χ1n) is 10.1. The molecule has 29 heavy (non-hydrogen) atoms. The number of nitrogens with zero attached hydrogens (tertiary/aromatic N) is 2. The Balaban J connectivity index is 1.47. The molecule has 1 aliphatic rings. The van der Waals surface area contributed by atoms with Gasteiger partial charge in [0.25, 0.3) is 5.91 Å². The van der Waals surface area contributed by atoms with Crippen LogP contribution >= 0.6 is 0 Å². The molecule has 6 heteroatoms. The van der Waals surface area contributed by atoms with Crippen molar-refractivity contribution in [1.29, 1.82) is 0 Å². The van der Waals surface area contributed by atoms with E-state index in [-0.39, 0.29) is 12.5 Å². The molecule has 0 radical (unpaired) electrons. The minimum atomic E-state index is 0.0355. The summed E-state index contributed by atoms with van der Waals surface area (Å²) in [6.45, 7) is 8.60. The Kier molecular flexibility index (Phi) is 7.36. The second-order valence-electron chi connectivity index (χ2n) is 7.18. The summed E-state index contributed by atoms with van der Waals surface area (Å²) in [6, 6.07) is 13.8. The van der Waals surface area contributed by atoms with Crippen LogP contribution in [0.3, 0.4) is 0 Å². The Morgan fingerprint density at radius 3 is 2.34 bits per heavy atom. The molecule has 1 aliphatic heterocycles. The molecule has 0 aromatic heterocycles. The molecule has 2 aromatic carbocycles. The summed E-state index contributed by atoms with van der Waals surface area (Å²) < 4.78 is 16.6. The molecule has 0 atom stereocenters. The number of hydrogen-bond donors (Lipinski definition) is 0. The maximum atomic E-state index is 12.4. The second kappa shape index (κ2) is 10.2. The van der Waals surface area contributed by atoms with Crippen LogP contribution in [-0.2, 0) is 11.3 Å². The van der Waals surface area contributed by atoms with Gasteiger partial charge in [0, 0.05) is 32.7 Å². The van der Waals surface area contributed by atoms with Crippen molar-refractivity contribution >= 4 is 5.91 Å². The molecule has 3 rings (SSSR count). The highest BCUT2D eigenvalue weighted by atomic mass is 16.5. The van der Waals surface area contributed by atoms with Crippen LogP contribution in [0, 0.1) is 6.92 Å². The van der Waals surface area contributed by atoms with E-state index in [1.165, 1.54) is 11.1 Å². The molecule has 1 saturated heterocycles. The van der Waals surface area contributed by atoms with Gasteiger partial charge in [-0.25, -0.2) is 0 Å². The van der Waals surface area contributed by atoms with Gasteiger partial charge in [0.2, 0.25) is 0 Å². The van der Waals surface area contributed by atoms with Crippen molar-refractivity contribution in [2.45, 2.75) is 20.4 Å². The Labute approximate surface area is 173 Å². The van der Waals surface area contributed by atoms with Crippen molar-refractivity contribution in [3.8, 4) is 17.2 Å². The molecular weight excluding hydrogens is 368 g/mol. The highest BCUT2D eigenvalue weighted by Gasteiger charge is 2.21. The van der Waals surface area contributed by atoms with Crippen molar-refractivity contribution in [3.63, 3.8) is 0 Å². The fraction of sp³-hybridized carbons (Fsp3) is 0.435. The summed E-state index contributed by atoms with van der Waals surface area (Å²) in [4.78, 5) is 16.7. The van der Waals surface area contributed by atoms with E-state index < -0.39 is 0 Å². The van der Waals surface area contributed by atoms with E-state index in [4.69, 9.17) is 14.2 Å². The monoisotopic (exact) mass is 398 g/mol. The number of carbonyl (C=O) groups excluding carboxylic acids is 1. The van der Waals surface area contributed by atoms with E-state index in [0.717, 1.165) is 36.9 Å². The predicted octanol–water partition coefficient (Wildman–Crippen LogP) is 3.13. The third-order valence-corrected chi connectivity index (χ3v) is 5.04. The van der Waals surface area contributed by atoms with Crippen LogP contribution in [0.4, 0.5) is 0 Å². The number of piperazine rings is 1. The van der Waals surface area contributed by atoms with Gasteiger partial charge >= 0.3 is 0 Å². The van der Waals surface area contributed by atoms with Crippen molar-refractivity contribution in [2.75, 3.05) is 46.5 Å². The molecule has 0 spiro atoms. The lowest BCUT2D eigenvalue weighted by atomic mass is 10.1. The Morgan fingerprint density at radius 2 is 1.69 bits per heavy atom. The minimum Gasteiger partial charge on any atom is -0.493 e. The second-order valence-corrected chi connectivity index (χ2v) is 7.18. The average molecular weight is 399 g/mol. The maximum Gasteiger partial charge on any atom is 0.260 e. The number of rotatable bonds is 8. The van der Waals surface area contributed by atoms with Gasteiger partial charge in [0.05, 0.1) is 13.7 Å². The lowest BCUT2D eigenvalue weighted by Crippen LogP contribution is -2.49. The van der Waals surface area contributed by atoms with Gasteiger partial charge in [-0.15, -0.1) is 0 Å². The molecule has 1 fully saturated rings. The van der Waals surface area contributed by atoms with Crippen LogP contribution < -0.4 is 14.2 Å². The van der Waals surface area contributed by atoms with Gasteiger partial charge in [-0.05, 0) is 43.7 Å². The van der Waals surface area contributed by atoms with Crippen LogP contribution in [-0.4, -0.2) is 62.2 Å². The topological polar surface area (TPSA) is 51.2 Å². The van der Waals surface area contributed by atoms with Gasteiger partial charge in [-0.3, -0.25) is 9.69 Å². The van der Waals surface area contributed by atoms with Gasteiger partial charge in [-0.2, -0.15) is 0 Å². The molecule has 0 unspecified atom stereocenters. The third kappa shape index (κ3) is 5.87. The van der Waals surface area contributed by atoms with Crippen molar-refractivity contribution in [2.24, 2.45) is 0 Å². The molecule has 0 bridgehead atoms. The number of ether oxygens (including phenoxy) is 3. The Hall–Kier alpha value is -2.73. The van der Waals surface area contributed by atoms with Gasteiger partial charge < -0.3 is 19.1 Å². The molecule has 1 amide bonds. The molecule has 6 nitrogen and oxygen atoms in total. The number of benzene rings is 2. The van der Waals surface area contributed by atoms with Crippen molar-refractivity contribution < 1.29 is 19.0 Å². The van der Waals surface area contributed by atoms with Gasteiger partial charge in [0.1, 0.15) is 5.75 Å². The zero-order chi connectivity index (χ0) is 20.6. The summed E-state index contributed by atoms with van der Waals surface area (Å²) >= 11 is 0. The standard InChI is InChI=1S/C23H30N2O4/c1-4-28-22-15-19(7-10-21(22)27-3)16-24-11-13-25(14-12-24)23(26)17-29-20-8-5-18(2)6-9-20/h5-10,15H,4,11-14,16-17H2,1-3H3. The van der Waals surface area contributed by atoms with Crippen LogP contribution in [0.5, 0.6) is 17.2 Å². The van der Waals surface area contributed by atoms with Gasteiger partial charge in [-0.1, -0.05) is 23.8 Å². The van der Waals surface area contributed by atoms with E-state index in [1.54, 1.807) is 7.11 Å². The summed E-state index contributed by atoms with van der Waals surface area (Å²) in [5.74, 6) is 2.29. The highest BCUT2D eigenvalue weighted by Crippen LogP contribution is 2.28. The molecule has 2 aromatic rings. The summed E-state index contributed by atoms with van der Waals surface area (Å²) in [6.07, 6.45) is 0. The van der Waals surface area contributed by atoms with E-state index in [1.807, 2.05) is 55.1 Å². The summed E-state index contributed by atoms with van der Waals surface area (Å²) in [5.41, 5.74) is 2.35. The predicted molar refractivity (Wildman–Crippen MR) is 113 cm³/mol. The van der Waals surface area contributed by atoms with E-state index in [2.05, 4.69) is 11.0 Å². The lowest BCUT2D eigenvalue weighted by molar-refractivity contribution is -0.135. The molecule has 0 saturated carbocycles. The SMILES string of the molecule is CCOc1cc(CN2CCN(C(=O)COc3ccc(C)cc3)CC2)ccc1OC. The Morgan fingerprint density at radius 1 is 0.966 bits per heavy atom. The third-order valence-electron chi connectivity index (χ3n) is 5.04. The van der Waals surface area contributed by atoms with E-state index in [9.17, 15) is 4.79 Å². The Bertz CT molecular complexity index is 799. The van der Waals surface area contributed by atoms with Crippen LogP contribution in [0.2, 0.25) is 0 Å². The number of carbonyl (C=O) groups is 1. The fourth-order valence-electron chi connectivity index (χ4n) is 3.37. The molecular formula is C23H30N2O4. The fourth-order valence-corrected chi connectivity index (χ4v) is 3.37. The molecule has 0 aliphatic carbocycles. The van der Waals surface area contributed by atoms with E-state index in [0.29, 0.717) is 19.7 Å². The number of aryl methyl sites for hydroxylation is 1. The largest absolute Gasteiger partial charge is 0.493 e. The van der Waals surface area contributed by atoms with Crippen molar-refractivity contribution in [3.05, 3.63) is 53.6 Å². The quantitative estimate of drug-likeness (QED) is 0.684. The minimum absolute atomic E-state index is 0.0355. The molecule has 156 valence electrons. The summed E-state index contributed by atoms with van der Waals surface area (Å²) in [5, 5.41) is 0. The number of amides is 1. The van der Waals surface area contributed by atoms with Crippen LogP contribution in [0.25, 0.3) is 0 Å². The molecule has 0 N–H and O–H groups in total. The number of methoxy groups -OCH3 is 1. The van der Waals surface area contributed by atoms with E-state index >= 15 is 0 Å². The smallest absolute Gasteiger partial charge is 0.260 e. The zero-order valence-electron chi connectivity index (χ0n) is 17.5.